The van der Waals surface area contributed by atoms with E-state index in [1.54, 1.807) is 6.92 Å². The number of aliphatic hydroxyl groups excluding tert-OH is 1. The molecule has 0 aromatic carbocycles. The monoisotopic (exact) mass is 196 g/mol. The maximum absolute atomic E-state index is 9.38. The summed E-state index contributed by atoms with van der Waals surface area (Å²) >= 11 is 11.5. The summed E-state index contributed by atoms with van der Waals surface area (Å²) in [6, 6.07) is 0. The Kier molecular flexibility index (Phi) is 5.15. The van der Waals surface area contributed by atoms with Crippen LogP contribution in [0.4, 0.5) is 0 Å². The van der Waals surface area contributed by atoms with Gasteiger partial charge in [0, 0.05) is 5.38 Å². The second kappa shape index (κ2) is 5.02. The molecule has 0 aromatic heterocycles. The average Bonchev–Trinajstić information content (AvgIpc) is 1.84. The Balaban J connectivity index is 3.82. The fourth-order valence-corrected chi connectivity index (χ4v) is 1.03. The van der Waals surface area contributed by atoms with Crippen LogP contribution in [0.25, 0.3) is 0 Å². The molecule has 3 heteroatoms. The Labute approximate surface area is 78.0 Å². The van der Waals surface area contributed by atoms with Gasteiger partial charge in [0.2, 0.25) is 0 Å². The van der Waals surface area contributed by atoms with E-state index in [1.165, 1.54) is 0 Å². The Bertz CT molecular complexity index is 134. The van der Waals surface area contributed by atoms with Crippen molar-refractivity contribution in [1.29, 1.82) is 0 Å². The molecule has 0 aromatic rings. The number of hydrogen-bond donors (Lipinski definition) is 1. The Morgan fingerprint density at radius 3 is 2.27 bits per heavy atom. The van der Waals surface area contributed by atoms with Gasteiger partial charge in [-0.2, -0.15) is 0 Å². The second-order valence-corrected chi connectivity index (χ2v) is 4.04. The van der Waals surface area contributed by atoms with Gasteiger partial charge in [0.1, 0.15) is 0 Å². The predicted molar refractivity (Wildman–Crippen MR) is 50.4 cm³/mol. The second-order valence-electron chi connectivity index (χ2n) is 2.85. The quantitative estimate of drug-likeness (QED) is 0.542. The van der Waals surface area contributed by atoms with Gasteiger partial charge in [0.15, 0.2) is 0 Å². The van der Waals surface area contributed by atoms with Gasteiger partial charge in [-0.25, -0.2) is 0 Å². The summed E-state index contributed by atoms with van der Waals surface area (Å²) in [7, 11) is 0. The van der Waals surface area contributed by atoms with Gasteiger partial charge < -0.3 is 5.11 Å². The van der Waals surface area contributed by atoms with E-state index >= 15 is 0 Å². The molecule has 0 saturated carbocycles. The molecular weight excluding hydrogens is 183 g/mol. The molecule has 0 aliphatic carbocycles. The molecule has 0 spiro atoms. The summed E-state index contributed by atoms with van der Waals surface area (Å²) in [5.41, 5.74) is 0.917. The van der Waals surface area contributed by atoms with Crippen LogP contribution in [0.3, 0.4) is 0 Å². The van der Waals surface area contributed by atoms with Crippen molar-refractivity contribution >= 4 is 23.2 Å². The molecule has 0 aliphatic rings. The third-order valence-electron chi connectivity index (χ3n) is 1.36. The lowest BCUT2D eigenvalue weighted by Gasteiger charge is -2.18. The minimum Gasteiger partial charge on any atom is -0.391 e. The standard InChI is InChI=1S/C8H14Cl2O/c1-5(2)4-7(11)8(10)6(3)9/h6-8,11H,1,4H2,2-3H3/t6-,7+,8-/m1/s1. The lowest BCUT2D eigenvalue weighted by molar-refractivity contribution is 0.169. The molecule has 0 heterocycles. The lowest BCUT2D eigenvalue weighted by atomic mass is 10.1. The highest BCUT2D eigenvalue weighted by molar-refractivity contribution is 6.30. The maximum atomic E-state index is 9.38. The summed E-state index contributed by atoms with van der Waals surface area (Å²) in [6.07, 6.45) is -0.0627. The number of alkyl halides is 2. The summed E-state index contributed by atoms with van der Waals surface area (Å²) in [4.78, 5) is 0. The van der Waals surface area contributed by atoms with Crippen molar-refractivity contribution < 1.29 is 5.11 Å². The zero-order valence-corrected chi connectivity index (χ0v) is 8.36. The highest BCUT2D eigenvalue weighted by atomic mass is 35.5. The number of aliphatic hydroxyl groups is 1. The molecule has 3 atom stereocenters. The van der Waals surface area contributed by atoms with Crippen LogP contribution >= 0.6 is 23.2 Å². The largest absolute Gasteiger partial charge is 0.391 e. The van der Waals surface area contributed by atoms with Crippen molar-refractivity contribution in [2.75, 3.05) is 0 Å². The van der Waals surface area contributed by atoms with Crippen molar-refractivity contribution in [3.63, 3.8) is 0 Å². The molecule has 0 rings (SSSR count). The molecule has 1 nitrogen and oxygen atoms in total. The van der Waals surface area contributed by atoms with Crippen molar-refractivity contribution in [2.24, 2.45) is 0 Å². The molecule has 0 bridgehead atoms. The zero-order valence-electron chi connectivity index (χ0n) is 6.85. The van der Waals surface area contributed by atoms with E-state index in [1.807, 2.05) is 6.92 Å². The third kappa shape index (κ3) is 4.67. The molecule has 0 aliphatic heterocycles. The van der Waals surface area contributed by atoms with Crippen molar-refractivity contribution in [3.05, 3.63) is 12.2 Å². The predicted octanol–water partition coefficient (Wildman–Crippen LogP) is 2.55. The zero-order chi connectivity index (χ0) is 9.02. The topological polar surface area (TPSA) is 20.2 Å². The van der Waals surface area contributed by atoms with Gasteiger partial charge in [0.25, 0.3) is 0 Å². The average molecular weight is 197 g/mol. The van der Waals surface area contributed by atoms with E-state index in [-0.39, 0.29) is 5.38 Å². The molecule has 0 amide bonds. The molecule has 0 unspecified atom stereocenters. The minimum atomic E-state index is -0.582. The van der Waals surface area contributed by atoms with Crippen LogP contribution in [0.5, 0.6) is 0 Å². The first kappa shape index (κ1) is 11.3. The van der Waals surface area contributed by atoms with E-state index in [4.69, 9.17) is 23.2 Å². The molecule has 11 heavy (non-hydrogen) atoms. The van der Waals surface area contributed by atoms with E-state index in [9.17, 15) is 5.11 Å². The Morgan fingerprint density at radius 2 is 2.00 bits per heavy atom. The third-order valence-corrected chi connectivity index (χ3v) is 2.43. The van der Waals surface area contributed by atoms with Crippen LogP contribution < -0.4 is 0 Å². The van der Waals surface area contributed by atoms with Gasteiger partial charge in [0.05, 0.1) is 11.5 Å². The van der Waals surface area contributed by atoms with Crippen LogP contribution in [0, 0.1) is 0 Å². The van der Waals surface area contributed by atoms with Crippen LogP contribution in [-0.2, 0) is 0 Å². The Hall–Kier alpha value is 0.280. The summed E-state index contributed by atoms with van der Waals surface area (Å²) in [5, 5.41) is 8.77. The van der Waals surface area contributed by atoms with Gasteiger partial charge in [-0.05, 0) is 20.3 Å². The highest BCUT2D eigenvalue weighted by Gasteiger charge is 2.20. The molecule has 66 valence electrons. The first-order chi connectivity index (χ1) is 4.95. The molecule has 1 N–H and O–H groups in total. The summed E-state index contributed by atoms with van der Waals surface area (Å²) in [5.74, 6) is 0. The lowest BCUT2D eigenvalue weighted by Crippen LogP contribution is -2.27. The van der Waals surface area contributed by atoms with Gasteiger partial charge in [-0.15, -0.1) is 29.8 Å². The molecule has 0 saturated heterocycles. The van der Waals surface area contributed by atoms with E-state index in [2.05, 4.69) is 6.58 Å². The Morgan fingerprint density at radius 1 is 1.55 bits per heavy atom. The number of halogens is 2. The molecule has 0 fully saturated rings. The molecular formula is C8H14Cl2O. The smallest absolute Gasteiger partial charge is 0.0759 e. The number of rotatable bonds is 4. The van der Waals surface area contributed by atoms with E-state index in [0.717, 1.165) is 5.57 Å². The van der Waals surface area contributed by atoms with Gasteiger partial charge in [-0.3, -0.25) is 0 Å². The fourth-order valence-electron chi connectivity index (χ4n) is 0.776. The van der Waals surface area contributed by atoms with Gasteiger partial charge in [-0.1, -0.05) is 5.57 Å². The first-order valence-corrected chi connectivity index (χ1v) is 4.43. The van der Waals surface area contributed by atoms with E-state index < -0.39 is 11.5 Å². The van der Waals surface area contributed by atoms with Crippen molar-refractivity contribution in [3.8, 4) is 0 Å². The normalized spacial score (nSPS) is 19.0. The van der Waals surface area contributed by atoms with E-state index in [0.29, 0.717) is 6.42 Å². The minimum absolute atomic E-state index is 0.217. The van der Waals surface area contributed by atoms with Gasteiger partial charge >= 0.3 is 0 Å². The highest BCUT2D eigenvalue weighted by Crippen LogP contribution is 2.17. The fraction of sp³-hybridized carbons (Fsp3) is 0.750. The summed E-state index contributed by atoms with van der Waals surface area (Å²) < 4.78 is 0. The van der Waals surface area contributed by atoms with Crippen LogP contribution in [0.1, 0.15) is 20.3 Å². The first-order valence-electron chi connectivity index (χ1n) is 3.55. The van der Waals surface area contributed by atoms with Crippen molar-refractivity contribution in [1.82, 2.24) is 0 Å². The summed E-state index contributed by atoms with van der Waals surface area (Å²) in [6.45, 7) is 7.29. The van der Waals surface area contributed by atoms with Crippen LogP contribution in [-0.4, -0.2) is 22.0 Å². The van der Waals surface area contributed by atoms with Crippen molar-refractivity contribution in [2.45, 2.75) is 37.1 Å². The maximum Gasteiger partial charge on any atom is 0.0759 e. The number of hydrogen-bond acceptors (Lipinski definition) is 1. The SMILES string of the molecule is C=C(C)C[C@H](O)[C@H](Cl)[C@@H](C)Cl. The molecule has 0 radical (unpaired) electrons. The van der Waals surface area contributed by atoms with Crippen LogP contribution in [0.2, 0.25) is 0 Å². The van der Waals surface area contributed by atoms with Crippen LogP contribution in [0.15, 0.2) is 12.2 Å².